The highest BCUT2D eigenvalue weighted by atomic mass is 16.7. The molecule has 1 aliphatic heterocycles. The number of hydroxylamine groups is 3. The van der Waals surface area contributed by atoms with Gasteiger partial charge < -0.3 is 5.21 Å². The third kappa shape index (κ3) is 4.47. The molecule has 144 valence electrons. The van der Waals surface area contributed by atoms with Gasteiger partial charge in [-0.3, -0.25) is 4.84 Å². The van der Waals surface area contributed by atoms with Crippen LogP contribution in [0.1, 0.15) is 78.2 Å². The molecule has 1 saturated carbocycles. The zero-order chi connectivity index (χ0) is 18.8. The molecule has 1 aliphatic carbocycles. The number of benzene rings is 1. The van der Waals surface area contributed by atoms with Crippen molar-refractivity contribution in [3.8, 4) is 0 Å². The second kappa shape index (κ2) is 7.69. The molecule has 1 aromatic carbocycles. The Morgan fingerprint density at radius 1 is 1.00 bits per heavy atom. The lowest BCUT2D eigenvalue weighted by atomic mass is 9.79. The van der Waals surface area contributed by atoms with Crippen molar-refractivity contribution in [3.05, 3.63) is 41.1 Å². The highest BCUT2D eigenvalue weighted by Crippen LogP contribution is 2.41. The molecule has 3 rings (SSSR count). The topological polar surface area (TPSA) is 38.5 Å². The summed E-state index contributed by atoms with van der Waals surface area (Å²) in [6.45, 7) is 8.83. The molecule has 2 aliphatic rings. The predicted molar refractivity (Wildman–Crippen MR) is 106 cm³/mol. The molecular formula is C22H34N2O2. The zero-order valence-electron chi connectivity index (χ0n) is 16.8. The first-order chi connectivity index (χ1) is 12.3. The maximum Gasteiger partial charge on any atom is 0.182 e. The molecule has 2 fully saturated rings. The summed E-state index contributed by atoms with van der Waals surface area (Å²) >= 11 is 0. The van der Waals surface area contributed by atoms with Crippen LogP contribution in [0.25, 0.3) is 0 Å². The van der Waals surface area contributed by atoms with Crippen LogP contribution in [0.15, 0.2) is 30.3 Å². The Kier molecular flexibility index (Phi) is 5.73. The fraction of sp³-hybridized carbons (Fsp3) is 0.682. The van der Waals surface area contributed by atoms with Crippen molar-refractivity contribution in [2.75, 3.05) is 0 Å². The second-order valence-electron chi connectivity index (χ2n) is 9.25. The molecule has 0 unspecified atom stereocenters. The average Bonchev–Trinajstić information content (AvgIpc) is 2.59. The molecule has 26 heavy (non-hydrogen) atoms. The summed E-state index contributed by atoms with van der Waals surface area (Å²) in [6.07, 6.45) is 9.83. The molecule has 1 aromatic rings. The molecule has 0 N–H and O–H groups in total. The van der Waals surface area contributed by atoms with E-state index in [2.05, 4.69) is 32.8 Å². The molecule has 1 heterocycles. The fourth-order valence-electron chi connectivity index (χ4n) is 4.79. The molecule has 0 amide bonds. The van der Waals surface area contributed by atoms with Crippen LogP contribution >= 0.6 is 0 Å². The standard InChI is InChI=1S/C22H34N2O2/c1-21(2)15-19(23(25)17-18-11-7-5-8-12-18)16-22(3,4)24(21)26-20-13-9-6-10-14-20/h5,7-8,11-12,17,19-20H,6,9-10,13-16H2,1-4H3/b23-17-. The van der Waals surface area contributed by atoms with Gasteiger partial charge >= 0.3 is 0 Å². The van der Waals surface area contributed by atoms with Crippen molar-refractivity contribution < 1.29 is 9.58 Å². The van der Waals surface area contributed by atoms with Crippen LogP contribution in [-0.4, -0.2) is 39.2 Å². The molecule has 0 bridgehead atoms. The number of piperidine rings is 1. The minimum atomic E-state index is -0.170. The second-order valence-corrected chi connectivity index (χ2v) is 9.25. The van der Waals surface area contributed by atoms with Crippen LogP contribution in [0.5, 0.6) is 0 Å². The van der Waals surface area contributed by atoms with Crippen molar-refractivity contribution in [1.82, 2.24) is 5.06 Å². The Labute approximate surface area is 158 Å². The van der Waals surface area contributed by atoms with Crippen LogP contribution in [0.4, 0.5) is 0 Å². The van der Waals surface area contributed by atoms with Gasteiger partial charge in [-0.2, -0.15) is 5.06 Å². The molecule has 0 aromatic heterocycles. The van der Waals surface area contributed by atoms with Crippen molar-refractivity contribution in [3.63, 3.8) is 0 Å². The lowest BCUT2D eigenvalue weighted by Crippen LogP contribution is -2.63. The van der Waals surface area contributed by atoms with Gasteiger partial charge in [0.15, 0.2) is 12.3 Å². The molecule has 4 heteroatoms. The highest BCUT2D eigenvalue weighted by molar-refractivity contribution is 5.75. The lowest BCUT2D eigenvalue weighted by molar-refractivity contribution is -0.516. The summed E-state index contributed by atoms with van der Waals surface area (Å²) in [4.78, 5) is 6.51. The Morgan fingerprint density at radius 2 is 1.58 bits per heavy atom. The number of hydrogen-bond donors (Lipinski definition) is 0. The van der Waals surface area contributed by atoms with E-state index in [4.69, 9.17) is 4.84 Å². The first kappa shape index (κ1) is 19.4. The van der Waals surface area contributed by atoms with E-state index in [0.29, 0.717) is 6.10 Å². The van der Waals surface area contributed by atoms with E-state index in [1.807, 2.05) is 30.3 Å². The smallest absolute Gasteiger partial charge is 0.182 e. The van der Waals surface area contributed by atoms with Crippen LogP contribution in [0, 0.1) is 5.21 Å². The van der Waals surface area contributed by atoms with Gasteiger partial charge in [-0.25, -0.2) is 4.74 Å². The van der Waals surface area contributed by atoms with Gasteiger partial charge in [0.2, 0.25) is 0 Å². The fourth-order valence-corrected chi connectivity index (χ4v) is 4.79. The summed E-state index contributed by atoms with van der Waals surface area (Å²) < 4.78 is 1.16. The van der Waals surface area contributed by atoms with Crippen LogP contribution in [0.3, 0.4) is 0 Å². The van der Waals surface area contributed by atoms with E-state index in [1.165, 1.54) is 19.3 Å². The van der Waals surface area contributed by atoms with Crippen molar-refractivity contribution in [2.24, 2.45) is 0 Å². The molecular weight excluding hydrogens is 324 g/mol. The monoisotopic (exact) mass is 358 g/mol. The molecule has 1 saturated heterocycles. The third-order valence-electron chi connectivity index (χ3n) is 5.81. The molecule has 0 radical (unpaired) electrons. The number of nitrogens with zero attached hydrogens (tertiary/aromatic N) is 2. The third-order valence-corrected chi connectivity index (χ3v) is 5.81. The zero-order valence-corrected chi connectivity index (χ0v) is 16.8. The highest BCUT2D eigenvalue weighted by Gasteiger charge is 2.50. The van der Waals surface area contributed by atoms with Gasteiger partial charge in [0.1, 0.15) is 0 Å². The molecule has 0 atom stereocenters. The van der Waals surface area contributed by atoms with E-state index in [0.717, 1.165) is 36.0 Å². The van der Waals surface area contributed by atoms with Gasteiger partial charge in [0.05, 0.1) is 6.10 Å². The Morgan fingerprint density at radius 3 is 2.15 bits per heavy atom. The summed E-state index contributed by atoms with van der Waals surface area (Å²) in [6, 6.07) is 9.82. The minimum Gasteiger partial charge on any atom is -0.624 e. The predicted octanol–water partition coefficient (Wildman–Crippen LogP) is 4.90. The van der Waals surface area contributed by atoms with Crippen LogP contribution < -0.4 is 0 Å². The SMILES string of the molecule is CC1(C)CC(/[N+]([O-])=C/c2ccccc2)CC(C)(C)N1OC1CCCCC1. The summed E-state index contributed by atoms with van der Waals surface area (Å²) in [5, 5.41) is 15.1. The van der Waals surface area contributed by atoms with E-state index in [1.54, 1.807) is 6.21 Å². The van der Waals surface area contributed by atoms with E-state index in [9.17, 15) is 5.21 Å². The number of hydrogen-bond acceptors (Lipinski definition) is 3. The summed E-state index contributed by atoms with van der Waals surface area (Å²) in [5.74, 6) is 0. The van der Waals surface area contributed by atoms with Crippen LogP contribution in [0.2, 0.25) is 0 Å². The Bertz CT molecular complexity index is 600. The first-order valence-electron chi connectivity index (χ1n) is 10.1. The summed E-state index contributed by atoms with van der Waals surface area (Å²) in [5.41, 5.74) is 0.618. The molecule has 4 nitrogen and oxygen atoms in total. The van der Waals surface area contributed by atoms with Crippen molar-refractivity contribution >= 4 is 6.21 Å². The largest absolute Gasteiger partial charge is 0.624 e. The van der Waals surface area contributed by atoms with Gasteiger partial charge in [-0.15, -0.1) is 0 Å². The van der Waals surface area contributed by atoms with Crippen LogP contribution in [-0.2, 0) is 4.84 Å². The first-order valence-corrected chi connectivity index (χ1v) is 10.1. The van der Waals surface area contributed by atoms with E-state index < -0.39 is 0 Å². The van der Waals surface area contributed by atoms with E-state index >= 15 is 0 Å². The lowest BCUT2D eigenvalue weighted by Gasteiger charge is -2.53. The van der Waals surface area contributed by atoms with E-state index in [-0.39, 0.29) is 17.1 Å². The van der Waals surface area contributed by atoms with Crippen molar-refractivity contribution in [2.45, 2.75) is 95.9 Å². The van der Waals surface area contributed by atoms with Gasteiger partial charge in [0.25, 0.3) is 0 Å². The maximum atomic E-state index is 12.8. The van der Waals surface area contributed by atoms with Gasteiger partial charge in [0, 0.05) is 29.5 Å². The normalized spacial score (nSPS) is 25.3. The summed E-state index contributed by atoms with van der Waals surface area (Å²) in [7, 11) is 0. The van der Waals surface area contributed by atoms with Gasteiger partial charge in [-0.05, 0) is 52.7 Å². The minimum absolute atomic E-state index is 0.0357. The maximum absolute atomic E-state index is 12.8. The van der Waals surface area contributed by atoms with Crippen molar-refractivity contribution in [1.29, 1.82) is 0 Å². The average molecular weight is 359 g/mol. The Balaban J connectivity index is 1.75. The molecule has 0 spiro atoms. The van der Waals surface area contributed by atoms with Gasteiger partial charge in [-0.1, -0.05) is 37.5 Å². The quantitative estimate of drug-likeness (QED) is 0.332. The number of rotatable bonds is 4. The Hall–Kier alpha value is -1.39.